The quantitative estimate of drug-likeness (QED) is 0.770. The molecule has 0 saturated heterocycles. The van der Waals surface area contributed by atoms with Gasteiger partial charge in [-0.3, -0.25) is 4.57 Å². The number of rotatable bonds is 3. The van der Waals surface area contributed by atoms with Crippen LogP contribution in [-0.2, 0) is 0 Å². The summed E-state index contributed by atoms with van der Waals surface area (Å²) in [6, 6.07) is 13.3. The highest BCUT2D eigenvalue weighted by Crippen LogP contribution is 2.28. The average molecular weight is 327 g/mol. The molecule has 4 nitrogen and oxygen atoms in total. The van der Waals surface area contributed by atoms with E-state index in [2.05, 4.69) is 4.98 Å². The SMILES string of the molecule is Cc1ccccc1-c1nc(C(=O)O)cn1-c1ccc(Cl)cc1C. The molecule has 2 aromatic carbocycles. The second-order valence-corrected chi connectivity index (χ2v) is 5.81. The van der Waals surface area contributed by atoms with E-state index in [1.165, 1.54) is 0 Å². The van der Waals surface area contributed by atoms with Crippen LogP contribution >= 0.6 is 11.6 Å². The van der Waals surface area contributed by atoms with Gasteiger partial charge in [-0.25, -0.2) is 9.78 Å². The largest absolute Gasteiger partial charge is 0.476 e. The molecule has 0 aliphatic carbocycles. The zero-order chi connectivity index (χ0) is 16.6. The lowest BCUT2D eigenvalue weighted by Crippen LogP contribution is -1.99. The Bertz CT molecular complexity index is 900. The van der Waals surface area contributed by atoms with Crippen LogP contribution < -0.4 is 0 Å². The van der Waals surface area contributed by atoms with Crippen LogP contribution in [0.1, 0.15) is 21.6 Å². The summed E-state index contributed by atoms with van der Waals surface area (Å²) in [5.74, 6) is -0.448. The summed E-state index contributed by atoms with van der Waals surface area (Å²) in [6.07, 6.45) is 1.54. The maximum atomic E-state index is 11.4. The summed E-state index contributed by atoms with van der Waals surface area (Å²) in [4.78, 5) is 15.7. The van der Waals surface area contributed by atoms with Crippen molar-refractivity contribution < 1.29 is 9.90 Å². The number of benzene rings is 2. The Hall–Kier alpha value is -2.59. The summed E-state index contributed by atoms with van der Waals surface area (Å²) in [7, 11) is 0. The molecule has 0 fully saturated rings. The van der Waals surface area contributed by atoms with E-state index in [9.17, 15) is 9.90 Å². The molecular weight excluding hydrogens is 312 g/mol. The summed E-state index contributed by atoms with van der Waals surface area (Å²) >= 11 is 6.02. The molecule has 0 bridgehead atoms. The van der Waals surface area contributed by atoms with Gasteiger partial charge in [-0.2, -0.15) is 0 Å². The molecule has 0 atom stereocenters. The van der Waals surface area contributed by atoms with Crippen LogP contribution in [0.25, 0.3) is 17.1 Å². The lowest BCUT2D eigenvalue weighted by Gasteiger charge is -2.12. The number of aromatic carboxylic acids is 1. The Labute approximate surface area is 139 Å². The van der Waals surface area contributed by atoms with Crippen LogP contribution in [0, 0.1) is 13.8 Å². The molecule has 0 saturated carbocycles. The summed E-state index contributed by atoms with van der Waals surface area (Å²) in [6.45, 7) is 3.91. The Morgan fingerprint density at radius 2 is 1.87 bits per heavy atom. The van der Waals surface area contributed by atoms with Gasteiger partial charge in [-0.15, -0.1) is 0 Å². The number of imidazole rings is 1. The minimum Gasteiger partial charge on any atom is -0.476 e. The van der Waals surface area contributed by atoms with Crippen molar-refractivity contribution in [3.63, 3.8) is 0 Å². The number of halogens is 1. The third kappa shape index (κ3) is 2.85. The van der Waals surface area contributed by atoms with Crippen LogP contribution in [0.2, 0.25) is 5.02 Å². The fourth-order valence-electron chi connectivity index (χ4n) is 2.57. The average Bonchev–Trinajstić information content (AvgIpc) is 2.92. The molecule has 0 aliphatic rings. The lowest BCUT2D eigenvalue weighted by molar-refractivity contribution is 0.0691. The molecule has 116 valence electrons. The first-order valence-electron chi connectivity index (χ1n) is 7.12. The van der Waals surface area contributed by atoms with Gasteiger partial charge in [-0.1, -0.05) is 35.9 Å². The Kier molecular flexibility index (Phi) is 3.92. The van der Waals surface area contributed by atoms with Crippen molar-refractivity contribution in [2.75, 3.05) is 0 Å². The van der Waals surface area contributed by atoms with Crippen molar-refractivity contribution in [3.05, 3.63) is 70.5 Å². The molecule has 1 N–H and O–H groups in total. The number of hydrogen-bond donors (Lipinski definition) is 1. The molecule has 0 aliphatic heterocycles. The minimum atomic E-state index is -1.05. The smallest absolute Gasteiger partial charge is 0.356 e. The number of carboxylic acids is 1. The molecule has 5 heteroatoms. The molecule has 23 heavy (non-hydrogen) atoms. The summed E-state index contributed by atoms with van der Waals surface area (Å²) < 4.78 is 1.80. The first-order chi connectivity index (χ1) is 11.0. The highest BCUT2D eigenvalue weighted by atomic mass is 35.5. The van der Waals surface area contributed by atoms with Crippen molar-refractivity contribution in [2.24, 2.45) is 0 Å². The first-order valence-corrected chi connectivity index (χ1v) is 7.50. The van der Waals surface area contributed by atoms with E-state index in [0.29, 0.717) is 10.8 Å². The number of aromatic nitrogens is 2. The second-order valence-electron chi connectivity index (χ2n) is 5.37. The van der Waals surface area contributed by atoms with Crippen LogP contribution in [0.15, 0.2) is 48.7 Å². The van der Waals surface area contributed by atoms with Crippen molar-refractivity contribution in [3.8, 4) is 17.1 Å². The fraction of sp³-hybridized carbons (Fsp3) is 0.111. The van der Waals surface area contributed by atoms with E-state index in [4.69, 9.17) is 11.6 Å². The van der Waals surface area contributed by atoms with Gasteiger partial charge < -0.3 is 5.11 Å². The lowest BCUT2D eigenvalue weighted by atomic mass is 10.1. The predicted octanol–water partition coefficient (Wildman–Crippen LogP) is 4.51. The Balaban J connectivity index is 2.28. The monoisotopic (exact) mass is 326 g/mol. The van der Waals surface area contributed by atoms with E-state index < -0.39 is 5.97 Å². The molecular formula is C18H15ClN2O2. The Morgan fingerprint density at radius 3 is 2.52 bits per heavy atom. The highest BCUT2D eigenvalue weighted by molar-refractivity contribution is 6.30. The van der Waals surface area contributed by atoms with Crippen molar-refractivity contribution >= 4 is 17.6 Å². The molecule has 1 aromatic heterocycles. The Morgan fingerprint density at radius 1 is 1.13 bits per heavy atom. The van der Waals surface area contributed by atoms with E-state index in [1.807, 2.05) is 50.2 Å². The van der Waals surface area contributed by atoms with Crippen LogP contribution in [-0.4, -0.2) is 20.6 Å². The maximum Gasteiger partial charge on any atom is 0.356 e. The van der Waals surface area contributed by atoms with Gasteiger partial charge in [0.05, 0.1) is 5.69 Å². The standard InChI is InChI=1S/C18H15ClN2O2/c1-11-5-3-4-6-14(11)17-20-15(18(22)23)10-21(17)16-8-7-13(19)9-12(16)2/h3-10H,1-2H3,(H,22,23). The zero-order valence-corrected chi connectivity index (χ0v) is 13.5. The van der Waals surface area contributed by atoms with Crippen LogP contribution in [0.4, 0.5) is 0 Å². The van der Waals surface area contributed by atoms with E-state index in [1.54, 1.807) is 16.8 Å². The van der Waals surface area contributed by atoms with Gasteiger partial charge in [0.2, 0.25) is 0 Å². The van der Waals surface area contributed by atoms with Crippen molar-refractivity contribution in [1.29, 1.82) is 0 Å². The van der Waals surface area contributed by atoms with Crippen LogP contribution in [0.5, 0.6) is 0 Å². The van der Waals surface area contributed by atoms with Gasteiger partial charge in [0.25, 0.3) is 0 Å². The van der Waals surface area contributed by atoms with Crippen molar-refractivity contribution in [1.82, 2.24) is 9.55 Å². The van der Waals surface area contributed by atoms with Crippen LogP contribution in [0.3, 0.4) is 0 Å². The number of carbonyl (C=O) groups is 1. The number of aryl methyl sites for hydroxylation is 2. The van der Waals surface area contributed by atoms with Crippen molar-refractivity contribution in [2.45, 2.75) is 13.8 Å². The van der Waals surface area contributed by atoms with Gasteiger partial charge in [0.15, 0.2) is 5.69 Å². The van der Waals surface area contributed by atoms with Gasteiger partial charge in [-0.05, 0) is 43.2 Å². The molecule has 0 spiro atoms. The molecule has 3 rings (SSSR count). The number of carboxylic acid groups (broad SMARTS) is 1. The second kappa shape index (κ2) is 5.89. The number of nitrogens with zero attached hydrogens (tertiary/aromatic N) is 2. The van der Waals surface area contributed by atoms with Gasteiger partial charge in [0, 0.05) is 16.8 Å². The summed E-state index contributed by atoms with van der Waals surface area (Å²) in [5.41, 5.74) is 3.74. The zero-order valence-electron chi connectivity index (χ0n) is 12.7. The third-order valence-electron chi connectivity index (χ3n) is 3.73. The predicted molar refractivity (Wildman–Crippen MR) is 90.4 cm³/mol. The normalized spacial score (nSPS) is 10.7. The molecule has 0 unspecified atom stereocenters. The third-order valence-corrected chi connectivity index (χ3v) is 3.96. The van der Waals surface area contributed by atoms with Gasteiger partial charge in [0.1, 0.15) is 5.82 Å². The maximum absolute atomic E-state index is 11.4. The molecule has 3 aromatic rings. The number of hydrogen-bond acceptors (Lipinski definition) is 2. The molecule has 0 amide bonds. The minimum absolute atomic E-state index is 0.0117. The fourth-order valence-corrected chi connectivity index (χ4v) is 2.80. The van der Waals surface area contributed by atoms with E-state index in [0.717, 1.165) is 22.4 Å². The van der Waals surface area contributed by atoms with E-state index >= 15 is 0 Å². The summed E-state index contributed by atoms with van der Waals surface area (Å²) in [5, 5.41) is 9.94. The van der Waals surface area contributed by atoms with E-state index in [-0.39, 0.29) is 5.69 Å². The van der Waals surface area contributed by atoms with Gasteiger partial charge >= 0.3 is 5.97 Å². The molecule has 1 heterocycles. The highest BCUT2D eigenvalue weighted by Gasteiger charge is 2.18. The molecule has 0 radical (unpaired) electrons. The topological polar surface area (TPSA) is 55.1 Å². The first kappa shape index (κ1) is 15.3.